The summed E-state index contributed by atoms with van der Waals surface area (Å²) in [4.78, 5) is 57.5. The zero-order chi connectivity index (χ0) is 44.0. The molecule has 0 radical (unpaired) electrons. The van der Waals surface area contributed by atoms with Crippen molar-refractivity contribution in [3.05, 3.63) is 36.2 Å². The second-order valence-corrected chi connectivity index (χ2v) is 18.4. The van der Waals surface area contributed by atoms with Crippen LogP contribution in [0.5, 0.6) is 0 Å². The highest BCUT2D eigenvalue weighted by Gasteiger charge is 2.61. The Morgan fingerprint density at radius 3 is 2.49 bits per heavy atom. The molecule has 5 saturated heterocycles. The van der Waals surface area contributed by atoms with E-state index >= 15 is 0 Å². The van der Waals surface area contributed by atoms with Crippen LogP contribution in [0.3, 0.4) is 0 Å². The molecular weight excluding hydrogens is 791 g/mol. The molecule has 17 heteroatoms. The number of amides is 1. The Morgan fingerprint density at radius 1 is 1.05 bits per heavy atom. The maximum absolute atomic E-state index is 14.9. The lowest BCUT2D eigenvalue weighted by molar-refractivity contribution is -0.302. The highest BCUT2D eigenvalue weighted by atomic mass is 16.7. The predicted octanol–water partition coefficient (Wildman–Crippen LogP) is 4.64. The van der Waals surface area contributed by atoms with E-state index in [1.54, 1.807) is 45.3 Å². The van der Waals surface area contributed by atoms with E-state index < -0.39 is 89.6 Å². The van der Waals surface area contributed by atoms with Crippen LogP contribution < -0.4 is 0 Å². The molecule has 1 amide bonds. The zero-order valence-electron chi connectivity index (χ0n) is 37.0. The SMILES string of the molecule is CC[C@H]1OC(=O)[C@H](C)[C@H]2OCC3COC(C)(C[C@@H](C)C(=O)[C@H](C)[C@H]4N(C/C3=N/OCc3ccc(-c5ccno5)nc3)C(=O)OC14C)[C@H](O[C@@H]1O[C@H](C)C[C@H](N(C)C)[C@H]1O)[C@H]2C. The first kappa shape index (κ1) is 45.0. The summed E-state index contributed by atoms with van der Waals surface area (Å²) in [6.07, 6.45) is -1.24. The van der Waals surface area contributed by atoms with Crippen molar-refractivity contribution < 1.29 is 57.3 Å². The van der Waals surface area contributed by atoms with Crippen LogP contribution in [0.2, 0.25) is 0 Å². The van der Waals surface area contributed by atoms with Gasteiger partial charge in [-0.2, -0.15) is 0 Å². The number of oxime groups is 1. The molecule has 0 aromatic carbocycles. The number of ketones is 1. The molecule has 3 unspecified atom stereocenters. The van der Waals surface area contributed by atoms with Crippen LogP contribution in [0.4, 0.5) is 4.79 Å². The van der Waals surface area contributed by atoms with Crippen LogP contribution in [0.15, 0.2) is 40.3 Å². The maximum Gasteiger partial charge on any atom is 0.411 e. The van der Waals surface area contributed by atoms with Crippen molar-refractivity contribution in [3.63, 3.8) is 0 Å². The van der Waals surface area contributed by atoms with E-state index in [0.29, 0.717) is 30.0 Å². The number of ether oxygens (including phenoxy) is 6. The van der Waals surface area contributed by atoms with E-state index in [4.69, 9.17) is 42.9 Å². The number of aromatic nitrogens is 2. The summed E-state index contributed by atoms with van der Waals surface area (Å²) in [6, 6.07) is 4.25. The Hall–Kier alpha value is -4.00. The molecular formula is C44H63N5O12. The molecule has 17 nitrogen and oxygen atoms in total. The minimum absolute atomic E-state index is 0.0218. The lowest BCUT2D eigenvalue weighted by Crippen LogP contribution is -2.61. The summed E-state index contributed by atoms with van der Waals surface area (Å²) in [5.41, 5.74) is -0.861. The van der Waals surface area contributed by atoms with Crippen LogP contribution in [0.25, 0.3) is 11.5 Å². The monoisotopic (exact) mass is 853 g/mol. The van der Waals surface area contributed by atoms with E-state index in [9.17, 15) is 19.5 Å². The summed E-state index contributed by atoms with van der Waals surface area (Å²) in [5, 5.41) is 20.2. The average molecular weight is 854 g/mol. The van der Waals surface area contributed by atoms with E-state index in [-0.39, 0.29) is 50.7 Å². The molecule has 5 fully saturated rings. The summed E-state index contributed by atoms with van der Waals surface area (Å²) < 4.78 is 45.0. The van der Waals surface area contributed by atoms with E-state index in [2.05, 4.69) is 10.1 Å². The number of esters is 1. The number of fused-ring (bicyclic) bond motifs is 5. The number of pyridine rings is 1. The van der Waals surface area contributed by atoms with Crippen LogP contribution in [0, 0.1) is 29.6 Å². The van der Waals surface area contributed by atoms with Gasteiger partial charge in [0, 0.05) is 47.5 Å². The molecule has 0 spiro atoms. The quantitative estimate of drug-likeness (QED) is 0.285. The van der Waals surface area contributed by atoms with Gasteiger partial charge in [0.15, 0.2) is 17.7 Å². The number of aliphatic hydroxyl groups is 1. The molecule has 61 heavy (non-hydrogen) atoms. The number of nitrogens with zero attached hydrogens (tertiary/aromatic N) is 5. The molecule has 0 saturated carbocycles. The van der Waals surface area contributed by atoms with Gasteiger partial charge >= 0.3 is 12.1 Å². The first-order valence-corrected chi connectivity index (χ1v) is 21.6. The minimum atomic E-state index is -1.40. The maximum atomic E-state index is 14.9. The van der Waals surface area contributed by atoms with Gasteiger partial charge in [-0.1, -0.05) is 44.1 Å². The minimum Gasteiger partial charge on any atom is -0.458 e. The fourth-order valence-corrected chi connectivity index (χ4v) is 10.4. The van der Waals surface area contributed by atoms with Crippen molar-refractivity contribution in [2.45, 2.75) is 141 Å². The Morgan fingerprint density at radius 2 is 1.82 bits per heavy atom. The second-order valence-electron chi connectivity index (χ2n) is 18.4. The summed E-state index contributed by atoms with van der Waals surface area (Å²) in [5.74, 6) is -3.55. The third-order valence-electron chi connectivity index (χ3n) is 13.7. The van der Waals surface area contributed by atoms with E-state index in [1.807, 2.05) is 59.7 Å². The van der Waals surface area contributed by atoms with Gasteiger partial charge in [-0.25, -0.2) is 4.79 Å². The third kappa shape index (κ3) is 8.83. The molecule has 6 bridgehead atoms. The van der Waals surface area contributed by atoms with Crippen molar-refractivity contribution in [1.82, 2.24) is 19.9 Å². The number of cyclic esters (lactones) is 1. The predicted molar refractivity (Wildman–Crippen MR) is 219 cm³/mol. The first-order valence-electron chi connectivity index (χ1n) is 21.6. The number of likely N-dealkylation sites (N-methyl/N-ethyl adjacent to an activating group) is 1. The van der Waals surface area contributed by atoms with Crippen molar-refractivity contribution in [1.29, 1.82) is 0 Å². The molecule has 5 aliphatic heterocycles. The van der Waals surface area contributed by atoms with Gasteiger partial charge in [-0.05, 0) is 67.1 Å². The molecule has 2 aromatic rings. The van der Waals surface area contributed by atoms with Gasteiger partial charge in [-0.15, -0.1) is 0 Å². The highest BCUT2D eigenvalue weighted by molar-refractivity contribution is 5.92. The number of hydrogen-bond acceptors (Lipinski definition) is 16. The van der Waals surface area contributed by atoms with Gasteiger partial charge in [0.2, 0.25) is 0 Å². The summed E-state index contributed by atoms with van der Waals surface area (Å²) in [7, 11) is 3.82. The molecule has 7 heterocycles. The fourth-order valence-electron chi connectivity index (χ4n) is 10.4. The average Bonchev–Trinajstić information content (AvgIpc) is 3.86. The number of rotatable bonds is 8. The second kappa shape index (κ2) is 18.0. The Balaban J connectivity index is 1.34. The van der Waals surface area contributed by atoms with Gasteiger partial charge in [0.05, 0.1) is 67.5 Å². The smallest absolute Gasteiger partial charge is 0.411 e. The number of Topliss-reactive ketones (excluding diaryl/α,β-unsaturated/α-hetero) is 1. The van der Waals surface area contributed by atoms with Crippen LogP contribution >= 0.6 is 0 Å². The number of carbonyl (C=O) groups is 3. The van der Waals surface area contributed by atoms with Crippen molar-refractivity contribution >= 4 is 23.6 Å². The Bertz CT molecular complexity index is 1900. The molecule has 15 atom stereocenters. The number of hydrogen-bond donors (Lipinski definition) is 1. The van der Waals surface area contributed by atoms with Gasteiger partial charge in [0.25, 0.3) is 0 Å². The lowest BCUT2D eigenvalue weighted by Gasteiger charge is -2.48. The molecule has 336 valence electrons. The third-order valence-corrected chi connectivity index (χ3v) is 13.7. The number of aliphatic hydroxyl groups excluding tert-OH is 1. The Labute approximate surface area is 357 Å². The van der Waals surface area contributed by atoms with Crippen LogP contribution in [-0.4, -0.2) is 143 Å². The normalized spacial score (nSPS) is 40.5. The number of carbonyl (C=O) groups excluding carboxylic acids is 3. The Kier molecular flexibility index (Phi) is 13.3. The molecule has 1 N–H and O–H groups in total. The van der Waals surface area contributed by atoms with E-state index in [1.165, 1.54) is 4.90 Å². The molecule has 7 rings (SSSR count). The van der Waals surface area contributed by atoms with Gasteiger partial charge in [-0.3, -0.25) is 19.5 Å². The summed E-state index contributed by atoms with van der Waals surface area (Å²) >= 11 is 0. The zero-order valence-corrected chi connectivity index (χ0v) is 37.0. The van der Waals surface area contributed by atoms with Crippen LogP contribution in [0.1, 0.15) is 80.2 Å². The van der Waals surface area contributed by atoms with Gasteiger partial charge in [0.1, 0.15) is 30.3 Å². The van der Waals surface area contributed by atoms with Crippen molar-refractivity contribution in [2.24, 2.45) is 34.7 Å². The van der Waals surface area contributed by atoms with Crippen molar-refractivity contribution in [3.8, 4) is 11.5 Å². The highest BCUT2D eigenvalue weighted by Crippen LogP contribution is 2.45. The summed E-state index contributed by atoms with van der Waals surface area (Å²) in [6.45, 7) is 14.8. The fraction of sp³-hybridized carbons (Fsp3) is 0.727. The lowest BCUT2D eigenvalue weighted by atomic mass is 9.73. The topological polar surface area (TPSA) is 194 Å². The standard InChI is InChI=1S/C44H63N5O12/c1-11-34-44(8)38-25(4)35(50)23(2)17-43(7)39(59-41-36(51)32(48(9)10)16-24(3)57-41)26(5)37(27(6)40(52)58-34)54-21-29(22-55-43)31(19-49(38)42(53)60-44)47-56-20-28-12-13-30(45-18-28)33-14-15-46-61-33/h12-15,18,23-27,29,32,34,36-39,41,51H,11,16-17,19-22H2,1-10H3/b47-31-/t23-,24-,25+,26+,27-,29?,32+,34-,36-,37+,38-,39-,41+,43?,44?/m1/s1. The molecule has 2 aromatic heterocycles. The largest absolute Gasteiger partial charge is 0.458 e. The molecule has 0 aliphatic carbocycles. The molecule has 5 aliphatic rings. The van der Waals surface area contributed by atoms with Crippen molar-refractivity contribution in [2.75, 3.05) is 33.9 Å². The van der Waals surface area contributed by atoms with E-state index in [0.717, 1.165) is 5.56 Å². The van der Waals surface area contributed by atoms with Gasteiger partial charge < -0.3 is 47.8 Å². The first-order chi connectivity index (χ1) is 28.9. The van der Waals surface area contributed by atoms with Crippen LogP contribution in [-0.2, 0) is 49.5 Å².